The standard InChI is InChI=1S/C20H28O4/c1-3-7-16(8-4-1)13-21-14-17-9-10-18(23-17)19-15-22-20(24-19)11-5-2-6-12-20/h1,3-4,7-8,17-19H,2,5-6,9-15H2/t17-,18-,19-/m1/s1. The van der Waals surface area contributed by atoms with Crippen LogP contribution in [0.25, 0.3) is 0 Å². The number of ether oxygens (including phenoxy) is 4. The molecule has 2 saturated heterocycles. The fraction of sp³-hybridized carbons (Fsp3) is 0.700. The second kappa shape index (κ2) is 7.52. The second-order valence-electron chi connectivity index (χ2n) is 7.31. The molecule has 1 aliphatic carbocycles. The fourth-order valence-corrected chi connectivity index (χ4v) is 4.13. The van der Waals surface area contributed by atoms with Gasteiger partial charge in [0.1, 0.15) is 6.10 Å². The summed E-state index contributed by atoms with van der Waals surface area (Å²) in [7, 11) is 0. The van der Waals surface area contributed by atoms with Crippen molar-refractivity contribution in [3.63, 3.8) is 0 Å². The zero-order valence-corrected chi connectivity index (χ0v) is 14.3. The Kier molecular flexibility index (Phi) is 5.18. The van der Waals surface area contributed by atoms with Gasteiger partial charge in [-0.05, 0) is 31.2 Å². The van der Waals surface area contributed by atoms with Crippen LogP contribution < -0.4 is 0 Å². The van der Waals surface area contributed by atoms with E-state index in [4.69, 9.17) is 18.9 Å². The molecule has 132 valence electrons. The first-order valence-electron chi connectivity index (χ1n) is 9.42. The Morgan fingerprint density at radius 2 is 1.83 bits per heavy atom. The van der Waals surface area contributed by atoms with Crippen LogP contribution in [-0.2, 0) is 25.6 Å². The van der Waals surface area contributed by atoms with E-state index in [2.05, 4.69) is 12.1 Å². The Morgan fingerprint density at radius 3 is 2.67 bits per heavy atom. The van der Waals surface area contributed by atoms with Crippen molar-refractivity contribution in [2.75, 3.05) is 13.2 Å². The highest BCUT2D eigenvalue weighted by atomic mass is 16.8. The van der Waals surface area contributed by atoms with Gasteiger partial charge >= 0.3 is 0 Å². The van der Waals surface area contributed by atoms with Gasteiger partial charge < -0.3 is 18.9 Å². The third-order valence-corrected chi connectivity index (χ3v) is 5.46. The minimum Gasteiger partial charge on any atom is -0.374 e. The minimum atomic E-state index is -0.297. The zero-order valence-electron chi connectivity index (χ0n) is 14.3. The van der Waals surface area contributed by atoms with Gasteiger partial charge in [0.25, 0.3) is 0 Å². The molecule has 0 N–H and O–H groups in total. The third-order valence-electron chi connectivity index (χ3n) is 5.46. The maximum Gasteiger partial charge on any atom is 0.169 e. The van der Waals surface area contributed by atoms with E-state index in [1.807, 2.05) is 18.2 Å². The van der Waals surface area contributed by atoms with E-state index in [1.54, 1.807) is 0 Å². The normalized spacial score (nSPS) is 32.4. The van der Waals surface area contributed by atoms with E-state index in [-0.39, 0.29) is 24.1 Å². The molecule has 3 aliphatic rings. The van der Waals surface area contributed by atoms with Crippen molar-refractivity contribution in [1.82, 2.24) is 0 Å². The largest absolute Gasteiger partial charge is 0.374 e. The third kappa shape index (κ3) is 3.83. The van der Waals surface area contributed by atoms with E-state index in [0.29, 0.717) is 19.8 Å². The van der Waals surface area contributed by atoms with Gasteiger partial charge in [-0.1, -0.05) is 36.8 Å². The van der Waals surface area contributed by atoms with Crippen molar-refractivity contribution in [3.05, 3.63) is 35.9 Å². The molecule has 0 bridgehead atoms. The first-order valence-corrected chi connectivity index (χ1v) is 9.42. The predicted octanol–water partition coefficient (Wildman–Crippen LogP) is 3.83. The molecule has 1 spiro atoms. The number of hydrogen-bond acceptors (Lipinski definition) is 4. The Morgan fingerprint density at radius 1 is 1.00 bits per heavy atom. The summed E-state index contributed by atoms with van der Waals surface area (Å²) in [6.45, 7) is 1.99. The average Bonchev–Trinajstić information content (AvgIpc) is 3.24. The van der Waals surface area contributed by atoms with Gasteiger partial charge in [0.15, 0.2) is 5.79 Å². The van der Waals surface area contributed by atoms with Crippen molar-refractivity contribution >= 4 is 0 Å². The average molecular weight is 332 g/mol. The Labute approximate surface area is 144 Å². The minimum absolute atomic E-state index is 0.0993. The zero-order chi connectivity index (χ0) is 16.2. The molecule has 2 heterocycles. The first-order chi connectivity index (χ1) is 11.8. The summed E-state index contributed by atoms with van der Waals surface area (Å²) in [5, 5.41) is 0. The summed E-state index contributed by atoms with van der Waals surface area (Å²) in [6.07, 6.45) is 8.36. The Hall–Kier alpha value is -0.940. The van der Waals surface area contributed by atoms with Crippen LogP contribution in [0, 0.1) is 0 Å². The van der Waals surface area contributed by atoms with Gasteiger partial charge in [-0.15, -0.1) is 0 Å². The van der Waals surface area contributed by atoms with Crippen molar-refractivity contribution < 1.29 is 18.9 Å². The summed E-state index contributed by atoms with van der Waals surface area (Å²) in [6, 6.07) is 10.3. The summed E-state index contributed by atoms with van der Waals surface area (Å²) in [5.74, 6) is -0.297. The molecular formula is C20H28O4. The van der Waals surface area contributed by atoms with Crippen molar-refractivity contribution in [2.45, 2.75) is 75.7 Å². The van der Waals surface area contributed by atoms with Crippen molar-refractivity contribution in [2.24, 2.45) is 0 Å². The number of benzene rings is 1. The lowest BCUT2D eigenvalue weighted by Gasteiger charge is -2.32. The fourth-order valence-electron chi connectivity index (χ4n) is 4.13. The maximum absolute atomic E-state index is 6.31. The lowest BCUT2D eigenvalue weighted by Crippen LogP contribution is -2.36. The smallest absolute Gasteiger partial charge is 0.169 e. The molecule has 1 aromatic rings. The van der Waals surface area contributed by atoms with Crippen LogP contribution in [-0.4, -0.2) is 37.3 Å². The van der Waals surface area contributed by atoms with Crippen LogP contribution in [0.2, 0.25) is 0 Å². The molecule has 4 nitrogen and oxygen atoms in total. The van der Waals surface area contributed by atoms with Gasteiger partial charge in [-0.2, -0.15) is 0 Å². The maximum atomic E-state index is 6.31. The summed E-state index contributed by atoms with van der Waals surface area (Å²) in [5.41, 5.74) is 1.21. The lowest BCUT2D eigenvalue weighted by molar-refractivity contribution is -0.198. The predicted molar refractivity (Wildman–Crippen MR) is 90.6 cm³/mol. The van der Waals surface area contributed by atoms with Crippen molar-refractivity contribution in [3.8, 4) is 0 Å². The topological polar surface area (TPSA) is 36.9 Å². The Balaban J connectivity index is 1.21. The molecule has 0 aromatic heterocycles. The van der Waals surface area contributed by atoms with Gasteiger partial charge in [0.2, 0.25) is 0 Å². The van der Waals surface area contributed by atoms with Crippen LogP contribution in [0.15, 0.2) is 30.3 Å². The molecule has 0 unspecified atom stereocenters. The lowest BCUT2D eigenvalue weighted by atomic mass is 9.94. The highest BCUT2D eigenvalue weighted by Crippen LogP contribution is 2.40. The van der Waals surface area contributed by atoms with E-state index < -0.39 is 0 Å². The molecule has 3 fully saturated rings. The van der Waals surface area contributed by atoms with Crippen LogP contribution in [0.5, 0.6) is 0 Å². The van der Waals surface area contributed by atoms with Gasteiger partial charge in [0.05, 0.1) is 32.0 Å². The molecule has 4 rings (SSSR count). The second-order valence-corrected chi connectivity index (χ2v) is 7.31. The number of rotatable bonds is 5. The summed E-state index contributed by atoms with van der Waals surface area (Å²) >= 11 is 0. The summed E-state index contributed by atoms with van der Waals surface area (Å²) in [4.78, 5) is 0. The van der Waals surface area contributed by atoms with E-state index in [9.17, 15) is 0 Å². The molecule has 3 atom stereocenters. The van der Waals surface area contributed by atoms with E-state index in [0.717, 1.165) is 25.7 Å². The SMILES string of the molecule is c1ccc(COC[C@H]2CC[C@H]([C@H]3COC4(CCCCC4)O3)O2)cc1. The van der Waals surface area contributed by atoms with E-state index in [1.165, 1.54) is 24.8 Å². The van der Waals surface area contributed by atoms with Gasteiger partial charge in [-0.3, -0.25) is 0 Å². The molecular weight excluding hydrogens is 304 g/mol. The quantitative estimate of drug-likeness (QED) is 0.821. The van der Waals surface area contributed by atoms with Gasteiger partial charge in [-0.25, -0.2) is 0 Å². The van der Waals surface area contributed by atoms with Crippen LogP contribution in [0.1, 0.15) is 50.5 Å². The molecule has 24 heavy (non-hydrogen) atoms. The van der Waals surface area contributed by atoms with Crippen LogP contribution in [0.3, 0.4) is 0 Å². The molecule has 2 aliphatic heterocycles. The first kappa shape index (κ1) is 16.5. The Bertz CT molecular complexity index is 512. The van der Waals surface area contributed by atoms with Crippen molar-refractivity contribution in [1.29, 1.82) is 0 Å². The van der Waals surface area contributed by atoms with E-state index >= 15 is 0 Å². The van der Waals surface area contributed by atoms with Crippen LogP contribution >= 0.6 is 0 Å². The van der Waals surface area contributed by atoms with Gasteiger partial charge in [0, 0.05) is 12.8 Å². The van der Waals surface area contributed by atoms with Crippen LogP contribution in [0.4, 0.5) is 0 Å². The number of hydrogen-bond donors (Lipinski definition) is 0. The highest BCUT2D eigenvalue weighted by Gasteiger charge is 2.46. The highest BCUT2D eigenvalue weighted by molar-refractivity contribution is 5.13. The molecule has 1 saturated carbocycles. The molecule has 1 aromatic carbocycles. The molecule has 0 radical (unpaired) electrons. The molecule has 0 amide bonds. The molecule has 4 heteroatoms. The monoisotopic (exact) mass is 332 g/mol. The summed E-state index contributed by atoms with van der Waals surface area (Å²) < 4.78 is 24.4.